The molecule has 1 fully saturated rings. The van der Waals surface area contributed by atoms with Crippen molar-refractivity contribution in [3.63, 3.8) is 0 Å². The second kappa shape index (κ2) is 6.91. The molecular weight excluding hydrogens is 268 g/mol. The lowest BCUT2D eigenvalue weighted by atomic mass is 10.1. The van der Waals surface area contributed by atoms with E-state index >= 15 is 0 Å². The molecule has 114 valence electrons. The number of fused-ring (bicyclic) bond motifs is 1. The first-order valence-corrected chi connectivity index (χ1v) is 7.63. The van der Waals surface area contributed by atoms with Crippen molar-refractivity contribution in [3.05, 3.63) is 29.3 Å². The van der Waals surface area contributed by atoms with E-state index in [-0.39, 0.29) is 5.91 Å². The number of carbonyl (C=O) groups is 1. The minimum absolute atomic E-state index is 0.0706. The number of morpholine rings is 1. The Morgan fingerprint density at radius 2 is 2.10 bits per heavy atom. The SMILES string of the molecule is O=C(Cc1ccc2c(c1)OCC2)NCCN1CCOCC1. The van der Waals surface area contributed by atoms with Crippen molar-refractivity contribution in [2.45, 2.75) is 12.8 Å². The molecule has 5 heteroatoms. The van der Waals surface area contributed by atoms with E-state index in [1.54, 1.807) is 0 Å². The number of hydrogen-bond acceptors (Lipinski definition) is 4. The maximum Gasteiger partial charge on any atom is 0.224 e. The van der Waals surface area contributed by atoms with Gasteiger partial charge in [-0.1, -0.05) is 12.1 Å². The molecule has 0 aromatic heterocycles. The average Bonchev–Trinajstić information content (AvgIpc) is 2.96. The first-order valence-electron chi connectivity index (χ1n) is 7.63. The van der Waals surface area contributed by atoms with Crippen molar-refractivity contribution in [3.8, 4) is 5.75 Å². The van der Waals surface area contributed by atoms with Gasteiger partial charge in [-0.25, -0.2) is 0 Å². The molecule has 1 N–H and O–H groups in total. The van der Waals surface area contributed by atoms with Gasteiger partial charge < -0.3 is 14.8 Å². The van der Waals surface area contributed by atoms with Crippen LogP contribution in [-0.2, 0) is 22.4 Å². The molecule has 21 heavy (non-hydrogen) atoms. The molecule has 0 radical (unpaired) electrons. The van der Waals surface area contributed by atoms with E-state index in [1.807, 2.05) is 12.1 Å². The van der Waals surface area contributed by atoms with Gasteiger partial charge in [0.25, 0.3) is 0 Å². The van der Waals surface area contributed by atoms with Crippen LogP contribution in [-0.4, -0.2) is 56.8 Å². The minimum atomic E-state index is 0.0706. The third kappa shape index (κ3) is 3.95. The molecule has 1 saturated heterocycles. The Bertz CT molecular complexity index is 498. The largest absolute Gasteiger partial charge is 0.493 e. The summed E-state index contributed by atoms with van der Waals surface area (Å²) in [6, 6.07) is 6.08. The maximum absolute atomic E-state index is 12.0. The van der Waals surface area contributed by atoms with Gasteiger partial charge in [0.15, 0.2) is 0 Å². The predicted molar refractivity (Wildman–Crippen MR) is 79.6 cm³/mol. The number of carbonyl (C=O) groups excluding carboxylic acids is 1. The molecule has 1 aromatic rings. The van der Waals surface area contributed by atoms with Crippen LogP contribution in [0.1, 0.15) is 11.1 Å². The highest BCUT2D eigenvalue weighted by molar-refractivity contribution is 5.78. The molecule has 3 rings (SSSR count). The highest BCUT2D eigenvalue weighted by Gasteiger charge is 2.14. The molecule has 0 bridgehead atoms. The van der Waals surface area contributed by atoms with Gasteiger partial charge in [-0.15, -0.1) is 0 Å². The lowest BCUT2D eigenvalue weighted by Crippen LogP contribution is -2.41. The Morgan fingerprint density at radius 3 is 2.95 bits per heavy atom. The van der Waals surface area contributed by atoms with Gasteiger partial charge in [-0.05, 0) is 17.2 Å². The Hall–Kier alpha value is -1.59. The van der Waals surface area contributed by atoms with Crippen molar-refractivity contribution in [1.29, 1.82) is 0 Å². The van der Waals surface area contributed by atoms with E-state index in [2.05, 4.69) is 16.3 Å². The Kier molecular flexibility index (Phi) is 4.72. The number of amides is 1. The lowest BCUT2D eigenvalue weighted by molar-refractivity contribution is -0.120. The zero-order chi connectivity index (χ0) is 14.5. The van der Waals surface area contributed by atoms with Crippen LogP contribution in [0.25, 0.3) is 0 Å². The summed E-state index contributed by atoms with van der Waals surface area (Å²) in [4.78, 5) is 14.3. The molecule has 0 aliphatic carbocycles. The number of rotatable bonds is 5. The van der Waals surface area contributed by atoms with Crippen LogP contribution in [0.15, 0.2) is 18.2 Å². The molecule has 0 atom stereocenters. The van der Waals surface area contributed by atoms with Crippen molar-refractivity contribution >= 4 is 5.91 Å². The van der Waals surface area contributed by atoms with E-state index in [4.69, 9.17) is 9.47 Å². The fourth-order valence-electron chi connectivity index (χ4n) is 2.75. The van der Waals surface area contributed by atoms with Crippen LogP contribution in [0.3, 0.4) is 0 Å². The first-order chi connectivity index (χ1) is 10.3. The summed E-state index contributed by atoms with van der Waals surface area (Å²) in [6.07, 6.45) is 1.39. The van der Waals surface area contributed by atoms with Crippen molar-refractivity contribution < 1.29 is 14.3 Å². The van der Waals surface area contributed by atoms with E-state index in [9.17, 15) is 4.79 Å². The van der Waals surface area contributed by atoms with E-state index < -0.39 is 0 Å². The predicted octanol–water partition coefficient (Wildman–Crippen LogP) is 0.612. The average molecular weight is 290 g/mol. The third-order valence-electron chi connectivity index (χ3n) is 3.98. The molecule has 1 aromatic carbocycles. The van der Waals surface area contributed by atoms with E-state index in [0.29, 0.717) is 13.0 Å². The van der Waals surface area contributed by atoms with Gasteiger partial charge in [0.2, 0.25) is 5.91 Å². The van der Waals surface area contributed by atoms with Crippen LogP contribution in [0, 0.1) is 0 Å². The third-order valence-corrected chi connectivity index (χ3v) is 3.98. The molecule has 2 aliphatic rings. The van der Waals surface area contributed by atoms with Gasteiger partial charge in [0, 0.05) is 32.6 Å². The fraction of sp³-hybridized carbons (Fsp3) is 0.562. The molecular formula is C16H22N2O3. The summed E-state index contributed by atoms with van der Waals surface area (Å²) in [5.41, 5.74) is 2.26. The first kappa shape index (κ1) is 14.4. The number of nitrogens with zero attached hydrogens (tertiary/aromatic N) is 1. The zero-order valence-corrected chi connectivity index (χ0v) is 12.3. The number of benzene rings is 1. The van der Waals surface area contributed by atoms with Gasteiger partial charge in [0.05, 0.1) is 26.2 Å². The number of ether oxygens (including phenoxy) is 2. The standard InChI is InChI=1S/C16H22N2O3/c19-16(17-4-5-18-6-9-20-10-7-18)12-13-1-2-14-3-8-21-15(14)11-13/h1-2,11H,3-10,12H2,(H,17,19). The van der Waals surface area contributed by atoms with Gasteiger partial charge in [0.1, 0.15) is 5.75 Å². The summed E-state index contributed by atoms with van der Waals surface area (Å²) >= 11 is 0. The minimum Gasteiger partial charge on any atom is -0.493 e. The quantitative estimate of drug-likeness (QED) is 0.863. The Labute approximate surface area is 125 Å². The summed E-state index contributed by atoms with van der Waals surface area (Å²) < 4.78 is 10.8. The zero-order valence-electron chi connectivity index (χ0n) is 12.3. The Morgan fingerprint density at radius 1 is 1.24 bits per heavy atom. The normalized spacial score (nSPS) is 18.1. The van der Waals surface area contributed by atoms with Crippen LogP contribution >= 0.6 is 0 Å². The summed E-state index contributed by atoms with van der Waals surface area (Å²) in [7, 11) is 0. The lowest BCUT2D eigenvalue weighted by Gasteiger charge is -2.26. The molecule has 2 aliphatic heterocycles. The van der Waals surface area contributed by atoms with Crippen LogP contribution in [0.5, 0.6) is 5.75 Å². The van der Waals surface area contributed by atoms with Crippen LogP contribution in [0.4, 0.5) is 0 Å². The topological polar surface area (TPSA) is 50.8 Å². The van der Waals surface area contributed by atoms with Gasteiger partial charge >= 0.3 is 0 Å². The summed E-state index contributed by atoms with van der Waals surface area (Å²) in [5, 5.41) is 2.98. The monoisotopic (exact) mass is 290 g/mol. The smallest absolute Gasteiger partial charge is 0.224 e. The molecule has 0 saturated carbocycles. The fourth-order valence-corrected chi connectivity index (χ4v) is 2.75. The van der Waals surface area contributed by atoms with Gasteiger partial charge in [-0.2, -0.15) is 0 Å². The van der Waals surface area contributed by atoms with E-state index in [1.165, 1.54) is 5.56 Å². The summed E-state index contributed by atoms with van der Waals surface area (Å²) in [6.45, 7) is 5.84. The second-order valence-electron chi connectivity index (χ2n) is 5.52. The molecule has 0 spiro atoms. The summed E-state index contributed by atoms with van der Waals surface area (Å²) in [5.74, 6) is 1.01. The molecule has 5 nitrogen and oxygen atoms in total. The van der Waals surface area contributed by atoms with E-state index in [0.717, 1.165) is 57.2 Å². The van der Waals surface area contributed by atoms with Gasteiger partial charge in [-0.3, -0.25) is 9.69 Å². The van der Waals surface area contributed by atoms with Crippen molar-refractivity contribution in [2.24, 2.45) is 0 Å². The molecule has 2 heterocycles. The second-order valence-corrected chi connectivity index (χ2v) is 5.52. The highest BCUT2D eigenvalue weighted by atomic mass is 16.5. The number of nitrogens with one attached hydrogen (secondary N) is 1. The number of hydrogen-bond donors (Lipinski definition) is 1. The van der Waals surface area contributed by atoms with Crippen molar-refractivity contribution in [1.82, 2.24) is 10.2 Å². The maximum atomic E-state index is 12.0. The Balaban J connectivity index is 1.41. The highest BCUT2D eigenvalue weighted by Crippen LogP contribution is 2.26. The molecule has 0 unspecified atom stereocenters. The van der Waals surface area contributed by atoms with Crippen molar-refractivity contribution in [2.75, 3.05) is 46.0 Å². The molecule has 1 amide bonds. The van der Waals surface area contributed by atoms with Crippen LogP contribution in [0.2, 0.25) is 0 Å². The van der Waals surface area contributed by atoms with Crippen LogP contribution < -0.4 is 10.1 Å².